The maximum atomic E-state index is 9.50. The molecule has 0 aromatic heterocycles. The highest BCUT2D eigenvalue weighted by atomic mass is 127. The minimum atomic E-state index is -0.382. The molecule has 2 saturated carbocycles. The molecule has 0 atom stereocenters. The molecule has 5 nitrogen and oxygen atoms in total. The molecular weight excluding hydrogens is 413 g/mol. The normalized spacial score (nSPS) is 33.5. The van der Waals surface area contributed by atoms with Crippen LogP contribution in [0.25, 0.3) is 0 Å². The highest BCUT2D eigenvalue weighted by Gasteiger charge is 2.22. The number of hydrazone groups is 1. The molecular formula is C15H26IN3O2S. The van der Waals surface area contributed by atoms with Gasteiger partial charge in [0.25, 0.3) is 0 Å². The molecule has 0 aromatic rings. The van der Waals surface area contributed by atoms with Crippen LogP contribution < -0.4 is 0 Å². The van der Waals surface area contributed by atoms with Crippen molar-refractivity contribution < 1.29 is 9.94 Å². The molecule has 2 aliphatic rings. The Morgan fingerprint density at radius 2 is 1.64 bits per heavy atom. The Labute approximate surface area is 146 Å². The van der Waals surface area contributed by atoms with E-state index in [1.54, 1.807) is 5.17 Å². The smallest absolute Gasteiger partial charge is 0.102 e. The van der Waals surface area contributed by atoms with Gasteiger partial charge in [-0.3, -0.25) is 4.84 Å². The molecule has 0 bridgehead atoms. The van der Waals surface area contributed by atoms with Gasteiger partial charge in [-0.15, -0.1) is 0 Å². The van der Waals surface area contributed by atoms with Gasteiger partial charge in [0.2, 0.25) is 0 Å². The summed E-state index contributed by atoms with van der Waals surface area (Å²) >= 11 is -0.382. The number of hydroxylamine groups is 1. The third-order valence-electron chi connectivity index (χ3n) is 4.51. The van der Waals surface area contributed by atoms with Crippen molar-refractivity contribution in [3.8, 4) is 0 Å². The summed E-state index contributed by atoms with van der Waals surface area (Å²) in [5.74, 6) is 1.06. The molecule has 1 N–H and O–H groups in total. The van der Waals surface area contributed by atoms with Crippen LogP contribution in [0.4, 0.5) is 0 Å². The molecule has 0 unspecified atom stereocenters. The molecule has 0 heterocycles. The third kappa shape index (κ3) is 6.64. The van der Waals surface area contributed by atoms with Gasteiger partial charge in [-0.1, -0.05) is 0 Å². The summed E-state index contributed by atoms with van der Waals surface area (Å²) in [6, 6.07) is 0. The zero-order valence-electron chi connectivity index (χ0n) is 13.1. The molecule has 22 heavy (non-hydrogen) atoms. The molecule has 0 aromatic carbocycles. The zero-order chi connectivity index (χ0) is 15.8. The Hall–Kier alpha value is 0.01000. The minimum absolute atomic E-state index is 0.111. The summed E-state index contributed by atoms with van der Waals surface area (Å²) in [6.45, 7) is 0. The number of hydrogen-bond acceptors (Lipinski definition) is 5. The average Bonchev–Trinajstić information content (AvgIpc) is 2.54. The SMILES string of the molecule is CN(/N=C/C1CCC(O)CC1)OC1CCC(C=NI=S)CC1. The van der Waals surface area contributed by atoms with Crippen LogP contribution in [0.2, 0.25) is 0 Å². The fraction of sp³-hybridized carbons (Fsp3) is 0.867. The van der Waals surface area contributed by atoms with Crippen molar-refractivity contribution in [2.75, 3.05) is 7.05 Å². The molecule has 2 aliphatic carbocycles. The van der Waals surface area contributed by atoms with Crippen LogP contribution in [0.3, 0.4) is 0 Å². The molecule has 7 heteroatoms. The topological polar surface area (TPSA) is 57.4 Å². The van der Waals surface area contributed by atoms with Crippen molar-refractivity contribution in [2.24, 2.45) is 20.1 Å². The number of nitrogens with zero attached hydrogens (tertiary/aromatic N) is 3. The van der Waals surface area contributed by atoms with E-state index in [1.807, 2.05) is 13.3 Å². The summed E-state index contributed by atoms with van der Waals surface area (Å²) in [6.07, 6.45) is 12.4. The maximum absolute atomic E-state index is 9.50. The Kier molecular flexibility index (Phi) is 8.34. The quantitative estimate of drug-likeness (QED) is 0.386. The number of hydrogen-bond donors (Lipinski definition) is 1. The molecule has 2 fully saturated rings. The molecule has 0 spiro atoms. The van der Waals surface area contributed by atoms with E-state index in [4.69, 9.17) is 14.1 Å². The van der Waals surface area contributed by atoms with Gasteiger partial charge in [-0.05, 0) is 72.5 Å². The van der Waals surface area contributed by atoms with Crippen LogP contribution in [0.5, 0.6) is 0 Å². The summed E-state index contributed by atoms with van der Waals surface area (Å²) < 4.78 is 4.28. The van der Waals surface area contributed by atoms with E-state index in [0.29, 0.717) is 11.8 Å². The predicted octanol–water partition coefficient (Wildman–Crippen LogP) is 4.01. The van der Waals surface area contributed by atoms with Gasteiger partial charge in [0, 0.05) is 12.4 Å². The van der Waals surface area contributed by atoms with Crippen molar-refractivity contribution in [1.29, 1.82) is 0 Å². The highest BCUT2D eigenvalue weighted by Crippen LogP contribution is 2.26. The lowest BCUT2D eigenvalue weighted by Crippen LogP contribution is -2.28. The van der Waals surface area contributed by atoms with E-state index in [-0.39, 0.29) is 31.7 Å². The van der Waals surface area contributed by atoms with Crippen LogP contribution >= 0.6 is 28.8 Å². The lowest BCUT2D eigenvalue weighted by Gasteiger charge is -2.28. The molecule has 0 aliphatic heterocycles. The molecule has 126 valence electrons. The van der Waals surface area contributed by atoms with Crippen molar-refractivity contribution >= 4 is 41.2 Å². The Morgan fingerprint density at radius 3 is 2.27 bits per heavy atom. The van der Waals surface area contributed by atoms with E-state index < -0.39 is 0 Å². The second kappa shape index (κ2) is 10.00. The Bertz CT molecular complexity index is 392. The minimum Gasteiger partial charge on any atom is -0.393 e. The molecule has 0 amide bonds. The third-order valence-corrected chi connectivity index (χ3v) is 5.59. The first-order valence-electron chi connectivity index (χ1n) is 8.10. The van der Waals surface area contributed by atoms with Crippen molar-refractivity contribution in [1.82, 2.24) is 5.17 Å². The van der Waals surface area contributed by atoms with Crippen LogP contribution in [0, 0.1) is 11.8 Å². The van der Waals surface area contributed by atoms with Gasteiger partial charge in [-0.25, -0.2) is 3.21 Å². The summed E-state index contributed by atoms with van der Waals surface area (Å²) in [5.41, 5.74) is 0. The molecule has 0 saturated heterocycles. The second-order valence-electron chi connectivity index (χ2n) is 6.26. The van der Waals surface area contributed by atoms with Crippen LogP contribution in [-0.4, -0.2) is 42.0 Å². The molecule has 0 radical (unpaired) electrons. The second-order valence-corrected chi connectivity index (χ2v) is 8.13. The summed E-state index contributed by atoms with van der Waals surface area (Å²) in [7, 11) is 6.81. The monoisotopic (exact) mass is 439 g/mol. The van der Waals surface area contributed by atoms with E-state index in [1.165, 1.54) is 0 Å². The fourth-order valence-electron chi connectivity index (χ4n) is 3.13. The largest absolute Gasteiger partial charge is 0.393 e. The maximum Gasteiger partial charge on any atom is 0.102 e. The first-order chi connectivity index (χ1) is 10.7. The average molecular weight is 439 g/mol. The number of rotatable bonds is 6. The highest BCUT2D eigenvalue weighted by molar-refractivity contribution is 14.2. The van der Waals surface area contributed by atoms with Crippen molar-refractivity contribution in [3.05, 3.63) is 0 Å². The first-order valence-corrected chi connectivity index (χ1v) is 12.0. The van der Waals surface area contributed by atoms with Gasteiger partial charge in [0.05, 0.1) is 19.3 Å². The Morgan fingerprint density at radius 1 is 1.05 bits per heavy atom. The van der Waals surface area contributed by atoms with Crippen LogP contribution in [-0.2, 0) is 4.84 Å². The van der Waals surface area contributed by atoms with Crippen molar-refractivity contribution in [2.45, 2.75) is 63.6 Å². The number of aliphatic hydroxyl groups excluding tert-OH is 1. The summed E-state index contributed by atoms with van der Waals surface area (Å²) in [4.78, 5) is 5.88. The lowest BCUT2D eigenvalue weighted by atomic mass is 9.88. The number of aliphatic hydroxyl groups is 1. The zero-order valence-corrected chi connectivity index (χ0v) is 16.1. The predicted molar refractivity (Wildman–Crippen MR) is 101 cm³/mol. The van der Waals surface area contributed by atoms with Gasteiger partial charge in [0.1, 0.15) is 19.5 Å². The van der Waals surface area contributed by atoms with Gasteiger partial charge in [0.15, 0.2) is 0 Å². The molecule has 2 rings (SSSR count). The van der Waals surface area contributed by atoms with E-state index in [9.17, 15) is 5.11 Å². The van der Waals surface area contributed by atoms with E-state index in [2.05, 4.69) is 14.5 Å². The van der Waals surface area contributed by atoms with Crippen LogP contribution in [0.15, 0.2) is 8.31 Å². The van der Waals surface area contributed by atoms with Crippen molar-refractivity contribution in [3.63, 3.8) is 0 Å². The van der Waals surface area contributed by atoms with Crippen LogP contribution in [0.1, 0.15) is 51.4 Å². The van der Waals surface area contributed by atoms with E-state index in [0.717, 1.165) is 51.4 Å². The van der Waals surface area contributed by atoms with E-state index >= 15 is 0 Å². The lowest BCUT2D eigenvalue weighted by molar-refractivity contribution is -0.190. The standard InChI is InChI=1S/C15H26IN3O2S/c1-19(18-11-13-2-6-14(20)7-3-13)21-15-8-4-12(5-9-15)10-17-16-22/h10-15,20H,2-9H2,1H3/b17-10?,18-11+. The first kappa shape index (κ1) is 18.4. The summed E-state index contributed by atoms with van der Waals surface area (Å²) in [5, 5.41) is 15.5. The Balaban J connectivity index is 1.66. The van der Waals surface area contributed by atoms with Gasteiger partial charge in [-0.2, -0.15) is 10.3 Å². The van der Waals surface area contributed by atoms with Gasteiger partial charge < -0.3 is 5.11 Å². The fourth-order valence-corrected chi connectivity index (χ4v) is 4.02. The number of halogens is 1. The van der Waals surface area contributed by atoms with Gasteiger partial charge >= 0.3 is 0 Å².